The van der Waals surface area contributed by atoms with Gasteiger partial charge in [-0.2, -0.15) is 15.0 Å². The molecule has 0 bridgehead atoms. The van der Waals surface area contributed by atoms with Gasteiger partial charge in [-0.1, -0.05) is 11.8 Å². The number of rotatable bonds is 3. The van der Waals surface area contributed by atoms with E-state index in [1.165, 1.54) is 38.5 Å². The van der Waals surface area contributed by atoms with Crippen LogP contribution < -0.4 is 9.80 Å². The second-order valence-corrected chi connectivity index (χ2v) is 8.71. The topological polar surface area (TPSA) is 57.5 Å². The van der Waals surface area contributed by atoms with Crippen molar-refractivity contribution in [2.75, 3.05) is 48.3 Å². The Kier molecular flexibility index (Phi) is 5.42. The molecule has 4 rings (SSSR count). The molecule has 0 amide bonds. The van der Waals surface area contributed by atoms with Crippen LogP contribution in [0.1, 0.15) is 38.5 Å². The Morgan fingerprint density at radius 2 is 1.33 bits per heavy atom. The second-order valence-electron chi connectivity index (χ2n) is 6.41. The van der Waals surface area contributed by atoms with Gasteiger partial charge in [0.2, 0.25) is 17.1 Å². The summed E-state index contributed by atoms with van der Waals surface area (Å²) < 4.78 is 1.09. The molecule has 0 spiro atoms. The third-order valence-corrected chi connectivity index (χ3v) is 6.64. The molecule has 0 aromatic carbocycles. The van der Waals surface area contributed by atoms with E-state index >= 15 is 0 Å². The normalized spacial score (nSPS) is 21.9. The first kappa shape index (κ1) is 16.4. The van der Waals surface area contributed by atoms with Crippen molar-refractivity contribution in [3.8, 4) is 0 Å². The first-order chi connectivity index (χ1) is 11.9. The monoisotopic (exact) mass is 364 g/mol. The molecule has 1 aromatic heterocycles. The van der Waals surface area contributed by atoms with Gasteiger partial charge in [0.15, 0.2) is 0 Å². The molecule has 2 saturated heterocycles. The van der Waals surface area contributed by atoms with Gasteiger partial charge in [-0.3, -0.25) is 4.99 Å². The third-order valence-electron chi connectivity index (χ3n) is 4.61. The summed E-state index contributed by atoms with van der Waals surface area (Å²) >= 11 is 3.41. The molecule has 3 aliphatic heterocycles. The van der Waals surface area contributed by atoms with E-state index in [4.69, 9.17) is 15.0 Å². The van der Waals surface area contributed by atoms with Crippen molar-refractivity contribution in [1.82, 2.24) is 15.0 Å². The lowest BCUT2D eigenvalue weighted by atomic mass is 10.1. The van der Waals surface area contributed by atoms with Gasteiger partial charge < -0.3 is 9.80 Å². The number of piperidine rings is 2. The summed E-state index contributed by atoms with van der Waals surface area (Å²) in [7, 11) is 0. The summed E-state index contributed by atoms with van der Waals surface area (Å²) in [6.07, 6.45) is 7.56. The summed E-state index contributed by atoms with van der Waals surface area (Å²) in [5, 5.41) is 0.805. The molecule has 8 heteroatoms. The van der Waals surface area contributed by atoms with Crippen molar-refractivity contribution in [2.24, 2.45) is 4.99 Å². The Morgan fingerprint density at radius 3 is 1.83 bits per heavy atom. The molecule has 0 unspecified atom stereocenters. The van der Waals surface area contributed by atoms with E-state index in [0.29, 0.717) is 0 Å². The Balaban J connectivity index is 1.61. The number of thioether (sulfide) groups is 2. The summed E-state index contributed by atoms with van der Waals surface area (Å²) in [6, 6.07) is 0. The third kappa shape index (κ3) is 3.96. The van der Waals surface area contributed by atoms with Crippen LogP contribution >= 0.6 is 23.5 Å². The summed E-state index contributed by atoms with van der Waals surface area (Å²) in [6.45, 7) is 5.15. The summed E-state index contributed by atoms with van der Waals surface area (Å²) in [5.74, 6) is 2.79. The number of hydrogen-bond acceptors (Lipinski definition) is 8. The standard InChI is InChI=1S/C16H24N6S2/c1-3-8-21(9-4-1)13-18-14(22-10-5-2-6-11-22)20-15(19-13)24-16-17-7-12-23-16/h1-12H2. The van der Waals surface area contributed by atoms with Crippen molar-refractivity contribution >= 4 is 39.8 Å². The average Bonchev–Trinajstić information content (AvgIpc) is 3.16. The quantitative estimate of drug-likeness (QED) is 0.817. The molecule has 2 fully saturated rings. The van der Waals surface area contributed by atoms with Crippen LogP contribution in [0, 0.1) is 0 Å². The van der Waals surface area contributed by atoms with Gasteiger partial charge in [-0.15, -0.1) is 0 Å². The fraction of sp³-hybridized carbons (Fsp3) is 0.750. The van der Waals surface area contributed by atoms with Gasteiger partial charge in [0, 0.05) is 31.9 Å². The minimum Gasteiger partial charge on any atom is -0.341 e. The van der Waals surface area contributed by atoms with Crippen molar-refractivity contribution in [1.29, 1.82) is 0 Å². The lowest BCUT2D eigenvalue weighted by molar-refractivity contribution is 0.551. The predicted molar refractivity (Wildman–Crippen MR) is 103 cm³/mol. The molecule has 4 heterocycles. The van der Waals surface area contributed by atoms with E-state index in [2.05, 4.69) is 14.8 Å². The van der Waals surface area contributed by atoms with Crippen LogP contribution in [0.25, 0.3) is 0 Å². The van der Waals surface area contributed by atoms with Crippen molar-refractivity contribution in [2.45, 2.75) is 43.7 Å². The van der Waals surface area contributed by atoms with Crippen molar-refractivity contribution in [3.05, 3.63) is 0 Å². The lowest BCUT2D eigenvalue weighted by Crippen LogP contribution is -2.34. The van der Waals surface area contributed by atoms with Crippen molar-refractivity contribution in [3.63, 3.8) is 0 Å². The maximum absolute atomic E-state index is 4.82. The van der Waals surface area contributed by atoms with E-state index in [-0.39, 0.29) is 0 Å². The molecule has 0 radical (unpaired) electrons. The minimum atomic E-state index is 0.805. The van der Waals surface area contributed by atoms with E-state index in [9.17, 15) is 0 Å². The zero-order valence-electron chi connectivity index (χ0n) is 14.0. The molecule has 1 aromatic rings. The van der Waals surface area contributed by atoms with Crippen LogP contribution in [0.3, 0.4) is 0 Å². The van der Waals surface area contributed by atoms with Crippen LogP contribution in [0.5, 0.6) is 0 Å². The van der Waals surface area contributed by atoms with Crippen LogP contribution in [0.2, 0.25) is 0 Å². The highest BCUT2D eigenvalue weighted by atomic mass is 32.2. The predicted octanol–water partition coefficient (Wildman–Crippen LogP) is 3.05. The van der Waals surface area contributed by atoms with E-state index in [0.717, 1.165) is 59.9 Å². The zero-order valence-corrected chi connectivity index (χ0v) is 15.6. The Bertz CT molecular complexity index is 560. The maximum Gasteiger partial charge on any atom is 0.231 e. The molecular weight excluding hydrogens is 340 g/mol. The van der Waals surface area contributed by atoms with Gasteiger partial charge >= 0.3 is 0 Å². The molecule has 0 atom stereocenters. The van der Waals surface area contributed by atoms with E-state index in [1.807, 2.05) is 0 Å². The Morgan fingerprint density at radius 1 is 0.750 bits per heavy atom. The van der Waals surface area contributed by atoms with Crippen LogP contribution in [0.4, 0.5) is 11.9 Å². The van der Waals surface area contributed by atoms with E-state index in [1.54, 1.807) is 23.5 Å². The van der Waals surface area contributed by atoms with Crippen LogP contribution in [-0.2, 0) is 0 Å². The van der Waals surface area contributed by atoms with E-state index < -0.39 is 0 Å². The molecule has 130 valence electrons. The smallest absolute Gasteiger partial charge is 0.231 e. The molecule has 0 saturated carbocycles. The summed E-state index contributed by atoms with van der Waals surface area (Å²) in [5.41, 5.74) is 0. The molecule has 0 N–H and O–H groups in total. The largest absolute Gasteiger partial charge is 0.341 e. The molecule has 3 aliphatic rings. The Labute approximate surface area is 151 Å². The fourth-order valence-corrected chi connectivity index (χ4v) is 5.12. The number of anilines is 2. The minimum absolute atomic E-state index is 0.805. The highest BCUT2D eigenvalue weighted by Crippen LogP contribution is 2.30. The molecule has 0 aliphatic carbocycles. The average molecular weight is 365 g/mol. The number of nitrogens with zero attached hydrogens (tertiary/aromatic N) is 6. The van der Waals surface area contributed by atoms with Gasteiger partial charge in [0.1, 0.15) is 4.38 Å². The fourth-order valence-electron chi connectivity index (χ4n) is 3.31. The van der Waals surface area contributed by atoms with Gasteiger partial charge in [-0.05, 0) is 50.3 Å². The van der Waals surface area contributed by atoms with Crippen LogP contribution in [-0.4, -0.2) is 57.8 Å². The second kappa shape index (κ2) is 7.91. The lowest BCUT2D eigenvalue weighted by Gasteiger charge is -2.30. The maximum atomic E-state index is 4.82. The zero-order chi connectivity index (χ0) is 16.2. The highest BCUT2D eigenvalue weighted by Gasteiger charge is 2.21. The van der Waals surface area contributed by atoms with Gasteiger partial charge in [0.05, 0.1) is 6.54 Å². The Hall–Kier alpha value is -1.02. The van der Waals surface area contributed by atoms with Crippen LogP contribution in [0.15, 0.2) is 10.1 Å². The van der Waals surface area contributed by atoms with Gasteiger partial charge in [0.25, 0.3) is 0 Å². The molecular formula is C16H24N6S2. The molecule has 6 nitrogen and oxygen atoms in total. The SMILES string of the molecule is C1CCN(c2nc(SC3=NCCS3)nc(N3CCCCC3)n2)CC1. The first-order valence-corrected chi connectivity index (χ1v) is 10.8. The number of hydrogen-bond donors (Lipinski definition) is 0. The first-order valence-electron chi connectivity index (χ1n) is 8.99. The van der Waals surface area contributed by atoms with Gasteiger partial charge in [-0.25, -0.2) is 0 Å². The summed E-state index contributed by atoms with van der Waals surface area (Å²) in [4.78, 5) is 23.5. The van der Waals surface area contributed by atoms with Crippen molar-refractivity contribution < 1.29 is 0 Å². The molecule has 24 heavy (non-hydrogen) atoms. The highest BCUT2D eigenvalue weighted by molar-refractivity contribution is 8.39. The number of aliphatic imine (C=N–C) groups is 1. The number of aromatic nitrogens is 3.